The van der Waals surface area contributed by atoms with Crippen molar-refractivity contribution in [3.63, 3.8) is 0 Å². The van der Waals surface area contributed by atoms with Gasteiger partial charge in [0.15, 0.2) is 23.1 Å². The van der Waals surface area contributed by atoms with Gasteiger partial charge in [-0.2, -0.15) is 25.0 Å². The third-order valence-corrected chi connectivity index (χ3v) is 4.52. The molecule has 0 spiro atoms. The van der Waals surface area contributed by atoms with Crippen molar-refractivity contribution in [3.05, 3.63) is 60.0 Å². The fourth-order valence-electron chi connectivity index (χ4n) is 2.88. The van der Waals surface area contributed by atoms with Crippen molar-refractivity contribution in [3.8, 4) is 12.0 Å². The molecule has 1 aromatic carbocycles. The molecule has 4 aromatic rings. The summed E-state index contributed by atoms with van der Waals surface area (Å²) in [5.74, 6) is 1.72. The van der Waals surface area contributed by atoms with Gasteiger partial charge in [0.05, 0.1) is 6.20 Å². The Morgan fingerprint density at radius 3 is 2.24 bits per heavy atom. The Kier molecular flexibility index (Phi) is 6.12. The highest BCUT2D eigenvalue weighted by Crippen LogP contribution is 2.34. The predicted molar refractivity (Wildman–Crippen MR) is 124 cm³/mol. The normalized spacial score (nSPS) is 10.7. The molecule has 164 valence electrons. The fraction of sp³-hybridized carbons (Fsp3) is 0.143. The van der Waals surface area contributed by atoms with Gasteiger partial charge in [-0.3, -0.25) is 0 Å². The lowest BCUT2D eigenvalue weighted by Gasteiger charge is -2.12. The Morgan fingerprint density at radius 2 is 1.64 bits per heavy atom. The molecule has 0 unspecified atom stereocenters. The van der Waals surface area contributed by atoms with E-state index in [1.54, 1.807) is 32.6 Å². The zero-order valence-electron chi connectivity index (χ0n) is 18.1. The van der Waals surface area contributed by atoms with Gasteiger partial charge in [-0.05, 0) is 25.1 Å². The molecule has 0 radical (unpaired) electrons. The first kappa shape index (κ1) is 21.3. The number of benzene rings is 1. The highest BCUT2D eigenvalue weighted by Gasteiger charge is 2.17. The van der Waals surface area contributed by atoms with Crippen molar-refractivity contribution < 1.29 is 0 Å². The zero-order valence-corrected chi connectivity index (χ0v) is 18.1. The summed E-state index contributed by atoms with van der Waals surface area (Å²) in [7, 11) is 3.44. The molecular formula is C21H20N12. The van der Waals surface area contributed by atoms with Crippen LogP contribution in [0.5, 0.6) is 0 Å². The van der Waals surface area contributed by atoms with Crippen molar-refractivity contribution in [2.75, 3.05) is 30.0 Å². The third kappa shape index (κ3) is 4.57. The van der Waals surface area contributed by atoms with E-state index >= 15 is 0 Å². The quantitative estimate of drug-likeness (QED) is 0.363. The summed E-state index contributed by atoms with van der Waals surface area (Å²) in [5, 5.41) is 31.4. The van der Waals surface area contributed by atoms with Crippen LogP contribution in [0.25, 0.3) is 5.95 Å². The number of aromatic nitrogens is 6. The molecule has 12 heteroatoms. The molecule has 0 aliphatic carbocycles. The van der Waals surface area contributed by atoms with Gasteiger partial charge in [0.2, 0.25) is 5.95 Å². The zero-order chi connectivity index (χ0) is 23.2. The van der Waals surface area contributed by atoms with Crippen molar-refractivity contribution in [2.45, 2.75) is 6.92 Å². The van der Waals surface area contributed by atoms with E-state index in [0.29, 0.717) is 23.3 Å². The van der Waals surface area contributed by atoms with E-state index in [0.717, 1.165) is 11.3 Å². The Morgan fingerprint density at radius 1 is 0.970 bits per heavy atom. The van der Waals surface area contributed by atoms with Gasteiger partial charge in [-0.1, -0.05) is 17.7 Å². The Hall–Kier alpha value is -4.92. The average molecular weight is 440 g/mol. The SMILES string of the molecule is CNc1nc(Nc2ccc(C)cc2)nc(NC)c1N=Nc1c(C#N)cnn1-c1ncccn1. The van der Waals surface area contributed by atoms with Gasteiger partial charge < -0.3 is 16.0 Å². The summed E-state index contributed by atoms with van der Waals surface area (Å²) >= 11 is 0. The second kappa shape index (κ2) is 9.48. The molecule has 0 aliphatic heterocycles. The maximum Gasteiger partial charge on any atom is 0.252 e. The lowest BCUT2D eigenvalue weighted by atomic mass is 10.2. The first-order valence-corrected chi connectivity index (χ1v) is 9.91. The lowest BCUT2D eigenvalue weighted by molar-refractivity contribution is 0.803. The van der Waals surface area contributed by atoms with Crippen LogP contribution in [-0.4, -0.2) is 43.8 Å². The third-order valence-electron chi connectivity index (χ3n) is 4.52. The first-order valence-electron chi connectivity index (χ1n) is 9.91. The van der Waals surface area contributed by atoms with Gasteiger partial charge in [0.25, 0.3) is 5.95 Å². The Labute approximate surface area is 189 Å². The van der Waals surface area contributed by atoms with Crippen LogP contribution < -0.4 is 16.0 Å². The minimum absolute atomic E-state index is 0.190. The highest BCUT2D eigenvalue weighted by molar-refractivity contribution is 5.76. The molecule has 3 heterocycles. The van der Waals surface area contributed by atoms with E-state index in [-0.39, 0.29) is 17.3 Å². The van der Waals surface area contributed by atoms with E-state index in [4.69, 9.17) is 0 Å². The maximum atomic E-state index is 9.47. The van der Waals surface area contributed by atoms with Gasteiger partial charge in [0, 0.05) is 32.2 Å². The van der Waals surface area contributed by atoms with Gasteiger partial charge in [-0.25, -0.2) is 9.97 Å². The molecule has 0 saturated carbocycles. The molecule has 0 saturated heterocycles. The predicted octanol–water partition coefficient (Wildman–Crippen LogP) is 3.87. The number of nitrogens with one attached hydrogen (secondary N) is 3. The minimum Gasteiger partial charge on any atom is -0.371 e. The summed E-state index contributed by atoms with van der Waals surface area (Å²) in [6, 6.07) is 11.6. The second-order valence-electron chi connectivity index (χ2n) is 6.74. The Balaban J connectivity index is 1.72. The topological polar surface area (TPSA) is 154 Å². The van der Waals surface area contributed by atoms with E-state index in [9.17, 15) is 5.26 Å². The van der Waals surface area contributed by atoms with Gasteiger partial charge in [0.1, 0.15) is 11.6 Å². The highest BCUT2D eigenvalue weighted by atomic mass is 15.4. The van der Waals surface area contributed by atoms with Crippen LogP contribution in [-0.2, 0) is 0 Å². The second-order valence-corrected chi connectivity index (χ2v) is 6.74. The fourth-order valence-corrected chi connectivity index (χ4v) is 2.88. The number of hydrogen-bond donors (Lipinski definition) is 3. The molecule has 12 nitrogen and oxygen atoms in total. The molecule has 33 heavy (non-hydrogen) atoms. The van der Waals surface area contributed by atoms with E-state index in [1.165, 1.54) is 10.9 Å². The number of nitriles is 1. The van der Waals surface area contributed by atoms with E-state index in [1.807, 2.05) is 31.2 Å². The molecule has 0 aliphatic rings. The summed E-state index contributed by atoms with van der Waals surface area (Å²) in [6.07, 6.45) is 4.53. The maximum absolute atomic E-state index is 9.47. The summed E-state index contributed by atoms with van der Waals surface area (Å²) in [5.41, 5.74) is 2.59. The Bertz CT molecular complexity index is 1290. The standard InChI is InChI=1S/C21H20N12/c1-13-5-7-15(8-6-13)28-20-29-17(23-2)16(18(24-3)30-20)31-32-19-14(11-22)12-27-33(19)21-25-9-4-10-26-21/h4-10,12H,1-3H3,(H3,23,24,28,29,30). The van der Waals surface area contributed by atoms with Crippen LogP contribution in [0, 0.1) is 18.3 Å². The van der Waals surface area contributed by atoms with Crippen molar-refractivity contribution >= 4 is 34.8 Å². The van der Waals surface area contributed by atoms with Crippen LogP contribution in [0.1, 0.15) is 11.1 Å². The summed E-state index contributed by atoms with van der Waals surface area (Å²) in [4.78, 5) is 17.3. The lowest BCUT2D eigenvalue weighted by Crippen LogP contribution is -2.05. The van der Waals surface area contributed by atoms with Crippen LogP contribution in [0.3, 0.4) is 0 Å². The molecule has 0 amide bonds. The van der Waals surface area contributed by atoms with Crippen LogP contribution in [0.15, 0.2) is 59.2 Å². The van der Waals surface area contributed by atoms with Crippen LogP contribution in [0.4, 0.5) is 34.8 Å². The van der Waals surface area contributed by atoms with E-state index < -0.39 is 0 Å². The number of rotatable bonds is 7. The minimum atomic E-state index is 0.190. The number of azo groups is 1. The van der Waals surface area contributed by atoms with Crippen LogP contribution >= 0.6 is 0 Å². The number of aryl methyl sites for hydroxylation is 1. The van der Waals surface area contributed by atoms with Crippen molar-refractivity contribution in [2.24, 2.45) is 10.2 Å². The van der Waals surface area contributed by atoms with E-state index in [2.05, 4.69) is 57.3 Å². The van der Waals surface area contributed by atoms with Gasteiger partial charge >= 0.3 is 0 Å². The number of hydrogen-bond acceptors (Lipinski definition) is 11. The summed E-state index contributed by atoms with van der Waals surface area (Å²) in [6.45, 7) is 2.02. The largest absolute Gasteiger partial charge is 0.371 e. The van der Waals surface area contributed by atoms with Crippen molar-refractivity contribution in [1.29, 1.82) is 5.26 Å². The molecule has 3 aromatic heterocycles. The number of nitrogens with zero attached hydrogens (tertiary/aromatic N) is 9. The molecule has 0 fully saturated rings. The summed E-state index contributed by atoms with van der Waals surface area (Å²) < 4.78 is 1.34. The smallest absolute Gasteiger partial charge is 0.252 e. The van der Waals surface area contributed by atoms with Crippen molar-refractivity contribution in [1.82, 2.24) is 29.7 Å². The molecule has 0 bridgehead atoms. The molecule has 4 rings (SSSR count). The average Bonchev–Trinajstić information content (AvgIpc) is 3.27. The first-order chi connectivity index (χ1) is 16.1. The van der Waals surface area contributed by atoms with Crippen LogP contribution in [0.2, 0.25) is 0 Å². The molecule has 3 N–H and O–H groups in total. The monoisotopic (exact) mass is 440 g/mol. The molecular weight excluding hydrogens is 420 g/mol. The number of anilines is 4. The van der Waals surface area contributed by atoms with Gasteiger partial charge in [-0.15, -0.1) is 10.2 Å². The molecule has 0 atom stereocenters.